The van der Waals surface area contributed by atoms with Crippen LogP contribution in [-0.2, 0) is 6.54 Å². The van der Waals surface area contributed by atoms with Crippen molar-refractivity contribution in [3.8, 4) is 0 Å². The fraction of sp³-hybridized carbons (Fsp3) is 0.538. The largest absolute Gasteiger partial charge is 0.316 e. The zero-order chi connectivity index (χ0) is 10.5. The van der Waals surface area contributed by atoms with Gasteiger partial charge in [0.2, 0.25) is 0 Å². The molecule has 0 bridgehead atoms. The molecule has 0 aromatic heterocycles. The summed E-state index contributed by atoms with van der Waals surface area (Å²) in [7, 11) is 0. The van der Waals surface area contributed by atoms with Gasteiger partial charge in [-0.3, -0.25) is 0 Å². The Morgan fingerprint density at radius 2 is 2.40 bits per heavy atom. The highest BCUT2D eigenvalue weighted by molar-refractivity contribution is 5.27. The van der Waals surface area contributed by atoms with Crippen LogP contribution in [0.25, 0.3) is 0 Å². The predicted octanol–water partition coefficient (Wildman–Crippen LogP) is 1.87. The normalized spacial score (nSPS) is 20.7. The molecule has 1 aliphatic rings. The minimum Gasteiger partial charge on any atom is -0.316 e. The van der Waals surface area contributed by atoms with E-state index in [1.54, 1.807) is 0 Å². The Bertz CT molecular complexity index is 303. The van der Waals surface area contributed by atoms with Gasteiger partial charge in [0.25, 0.3) is 0 Å². The molecule has 2 heteroatoms. The zero-order valence-electron chi connectivity index (χ0n) is 9.42. The summed E-state index contributed by atoms with van der Waals surface area (Å²) in [6.45, 7) is 6.48. The number of benzene rings is 1. The topological polar surface area (TPSA) is 24.1 Å². The second kappa shape index (κ2) is 5.29. The van der Waals surface area contributed by atoms with Crippen molar-refractivity contribution in [3.63, 3.8) is 0 Å². The van der Waals surface area contributed by atoms with E-state index in [4.69, 9.17) is 0 Å². The Morgan fingerprint density at radius 3 is 3.13 bits per heavy atom. The molecule has 2 N–H and O–H groups in total. The van der Waals surface area contributed by atoms with Crippen molar-refractivity contribution in [2.24, 2.45) is 0 Å². The van der Waals surface area contributed by atoms with E-state index in [2.05, 4.69) is 41.8 Å². The molecule has 0 saturated carbocycles. The summed E-state index contributed by atoms with van der Waals surface area (Å²) in [6, 6.07) is 8.99. The molecule has 1 fully saturated rings. The summed E-state index contributed by atoms with van der Waals surface area (Å²) < 4.78 is 0. The van der Waals surface area contributed by atoms with Crippen LogP contribution in [0.15, 0.2) is 24.3 Å². The monoisotopic (exact) mass is 204 g/mol. The smallest absolute Gasteiger partial charge is 0.0205 e. The summed E-state index contributed by atoms with van der Waals surface area (Å²) in [5.41, 5.74) is 2.90. The van der Waals surface area contributed by atoms with E-state index >= 15 is 0 Å². The Kier molecular flexibility index (Phi) is 3.75. The van der Waals surface area contributed by atoms with E-state index < -0.39 is 0 Å². The van der Waals surface area contributed by atoms with Gasteiger partial charge >= 0.3 is 0 Å². The molecular weight excluding hydrogens is 184 g/mol. The van der Waals surface area contributed by atoms with E-state index in [0.717, 1.165) is 25.6 Å². The Morgan fingerprint density at radius 1 is 1.47 bits per heavy atom. The van der Waals surface area contributed by atoms with Gasteiger partial charge in [-0.25, -0.2) is 0 Å². The van der Waals surface area contributed by atoms with E-state index in [1.807, 2.05) is 0 Å². The maximum Gasteiger partial charge on any atom is 0.0205 e. The fourth-order valence-corrected chi connectivity index (χ4v) is 2.17. The molecule has 0 spiro atoms. The van der Waals surface area contributed by atoms with Crippen LogP contribution in [-0.4, -0.2) is 19.6 Å². The van der Waals surface area contributed by atoms with Crippen molar-refractivity contribution < 1.29 is 0 Å². The summed E-state index contributed by atoms with van der Waals surface area (Å²) >= 11 is 0. The van der Waals surface area contributed by atoms with Crippen molar-refractivity contribution in [1.29, 1.82) is 0 Å². The first kappa shape index (κ1) is 10.7. The maximum atomic E-state index is 3.42. The van der Waals surface area contributed by atoms with Gasteiger partial charge in [-0.2, -0.15) is 0 Å². The molecule has 0 radical (unpaired) electrons. The van der Waals surface area contributed by atoms with Crippen LogP contribution in [0.4, 0.5) is 0 Å². The molecule has 1 saturated heterocycles. The number of rotatable bonds is 4. The van der Waals surface area contributed by atoms with Crippen LogP contribution in [0.1, 0.15) is 30.4 Å². The lowest BCUT2D eigenvalue weighted by Gasteiger charge is -2.10. The van der Waals surface area contributed by atoms with Crippen LogP contribution in [0.5, 0.6) is 0 Å². The van der Waals surface area contributed by atoms with Crippen molar-refractivity contribution in [3.05, 3.63) is 35.4 Å². The third kappa shape index (κ3) is 2.80. The van der Waals surface area contributed by atoms with Gasteiger partial charge in [0.05, 0.1) is 0 Å². The molecule has 0 amide bonds. The highest BCUT2D eigenvalue weighted by atomic mass is 14.9. The lowest BCUT2D eigenvalue weighted by molar-refractivity contribution is 0.719. The molecule has 2 rings (SSSR count). The van der Waals surface area contributed by atoms with Gasteiger partial charge in [0, 0.05) is 13.1 Å². The second-order valence-corrected chi connectivity index (χ2v) is 4.22. The molecule has 15 heavy (non-hydrogen) atoms. The van der Waals surface area contributed by atoms with Crippen molar-refractivity contribution in [1.82, 2.24) is 10.6 Å². The molecule has 1 aliphatic heterocycles. The highest BCUT2D eigenvalue weighted by Crippen LogP contribution is 2.22. The molecule has 82 valence electrons. The predicted molar refractivity (Wildman–Crippen MR) is 64.1 cm³/mol. The average Bonchev–Trinajstić information content (AvgIpc) is 2.80. The fourth-order valence-electron chi connectivity index (χ4n) is 2.17. The van der Waals surface area contributed by atoms with E-state index in [9.17, 15) is 0 Å². The Balaban J connectivity index is 2.04. The SMILES string of the molecule is CCNCc1cccc(C2CCNC2)c1. The van der Waals surface area contributed by atoms with Crippen LogP contribution < -0.4 is 10.6 Å². The van der Waals surface area contributed by atoms with Gasteiger partial charge in [0.1, 0.15) is 0 Å². The van der Waals surface area contributed by atoms with Crippen molar-refractivity contribution in [2.75, 3.05) is 19.6 Å². The van der Waals surface area contributed by atoms with Crippen LogP contribution >= 0.6 is 0 Å². The highest BCUT2D eigenvalue weighted by Gasteiger charge is 2.16. The zero-order valence-corrected chi connectivity index (χ0v) is 9.42. The lowest BCUT2D eigenvalue weighted by Crippen LogP contribution is -2.12. The number of hydrogen-bond acceptors (Lipinski definition) is 2. The molecule has 0 aliphatic carbocycles. The van der Waals surface area contributed by atoms with Gasteiger partial charge < -0.3 is 10.6 Å². The summed E-state index contributed by atoms with van der Waals surface area (Å²) in [5, 5.41) is 6.78. The van der Waals surface area contributed by atoms with Gasteiger partial charge in [-0.15, -0.1) is 0 Å². The summed E-state index contributed by atoms with van der Waals surface area (Å²) in [5.74, 6) is 0.728. The maximum absolute atomic E-state index is 3.42. The van der Waals surface area contributed by atoms with Crippen molar-refractivity contribution >= 4 is 0 Å². The van der Waals surface area contributed by atoms with E-state index in [-0.39, 0.29) is 0 Å². The third-order valence-corrected chi connectivity index (χ3v) is 3.06. The molecule has 1 heterocycles. The van der Waals surface area contributed by atoms with Crippen LogP contribution in [0.2, 0.25) is 0 Å². The van der Waals surface area contributed by atoms with Crippen LogP contribution in [0, 0.1) is 0 Å². The lowest BCUT2D eigenvalue weighted by atomic mass is 9.97. The first-order valence-electron chi connectivity index (χ1n) is 5.90. The Labute approximate surface area is 92.1 Å². The molecule has 1 aromatic carbocycles. The summed E-state index contributed by atoms with van der Waals surface area (Å²) in [4.78, 5) is 0. The minimum absolute atomic E-state index is 0.728. The standard InChI is InChI=1S/C13H20N2/c1-2-14-9-11-4-3-5-12(8-11)13-6-7-15-10-13/h3-5,8,13-15H,2,6-7,9-10H2,1H3. The Hall–Kier alpha value is -0.860. The quantitative estimate of drug-likeness (QED) is 0.782. The molecule has 1 atom stereocenters. The molecule has 2 nitrogen and oxygen atoms in total. The summed E-state index contributed by atoms with van der Waals surface area (Å²) in [6.07, 6.45) is 1.28. The average molecular weight is 204 g/mol. The van der Waals surface area contributed by atoms with E-state index in [0.29, 0.717) is 0 Å². The number of nitrogens with one attached hydrogen (secondary N) is 2. The molecule has 1 aromatic rings. The van der Waals surface area contributed by atoms with Gasteiger partial charge in [-0.05, 0) is 36.6 Å². The second-order valence-electron chi connectivity index (χ2n) is 4.22. The van der Waals surface area contributed by atoms with Gasteiger partial charge in [-0.1, -0.05) is 31.2 Å². The first-order valence-corrected chi connectivity index (χ1v) is 5.90. The first-order chi connectivity index (χ1) is 7.40. The molecular formula is C13H20N2. The van der Waals surface area contributed by atoms with Crippen molar-refractivity contribution in [2.45, 2.75) is 25.8 Å². The molecule has 1 unspecified atom stereocenters. The number of hydrogen-bond donors (Lipinski definition) is 2. The van der Waals surface area contributed by atoms with Crippen LogP contribution in [0.3, 0.4) is 0 Å². The third-order valence-electron chi connectivity index (χ3n) is 3.06. The minimum atomic E-state index is 0.728. The van der Waals surface area contributed by atoms with Gasteiger partial charge in [0.15, 0.2) is 0 Å². The van der Waals surface area contributed by atoms with E-state index in [1.165, 1.54) is 24.1 Å².